The molecule has 0 amide bonds. The summed E-state index contributed by atoms with van der Waals surface area (Å²) in [5.74, 6) is -0.277. The van der Waals surface area contributed by atoms with Crippen LogP contribution in [-0.4, -0.2) is 32.2 Å². The van der Waals surface area contributed by atoms with E-state index in [1.807, 2.05) is 27.7 Å². The van der Waals surface area contributed by atoms with E-state index in [4.69, 9.17) is 14.2 Å². The predicted octanol–water partition coefficient (Wildman–Crippen LogP) is 2.45. The lowest BCUT2D eigenvalue weighted by molar-refractivity contribution is -0.255. The number of hydrogen-bond acceptors (Lipinski definition) is 3. The van der Waals surface area contributed by atoms with E-state index in [2.05, 4.69) is 6.92 Å². The second kappa shape index (κ2) is 7.21. The molecule has 0 spiro atoms. The average molecular weight is 204 g/mol. The molecule has 0 bridgehead atoms. The molecule has 3 nitrogen and oxygen atoms in total. The first-order valence-electron chi connectivity index (χ1n) is 5.46. The van der Waals surface area contributed by atoms with Crippen molar-refractivity contribution in [2.24, 2.45) is 5.92 Å². The Morgan fingerprint density at radius 2 is 1.50 bits per heavy atom. The molecule has 1 unspecified atom stereocenters. The molecule has 86 valence electrons. The molecule has 0 saturated heterocycles. The molecule has 0 aromatic carbocycles. The van der Waals surface area contributed by atoms with Gasteiger partial charge in [0.1, 0.15) is 0 Å². The van der Waals surface area contributed by atoms with Crippen molar-refractivity contribution in [2.45, 2.75) is 40.4 Å². The van der Waals surface area contributed by atoms with E-state index in [0.717, 1.165) is 6.61 Å². The van der Waals surface area contributed by atoms with Crippen molar-refractivity contribution in [1.29, 1.82) is 0 Å². The van der Waals surface area contributed by atoms with Gasteiger partial charge in [-0.15, -0.1) is 0 Å². The largest absolute Gasteiger partial charge is 0.381 e. The molecule has 0 saturated carbocycles. The molecule has 0 radical (unpaired) electrons. The fourth-order valence-corrected chi connectivity index (χ4v) is 1.35. The lowest BCUT2D eigenvalue weighted by atomic mass is 10.0. The van der Waals surface area contributed by atoms with Gasteiger partial charge in [-0.2, -0.15) is 0 Å². The van der Waals surface area contributed by atoms with Crippen LogP contribution in [-0.2, 0) is 14.2 Å². The molecule has 0 rings (SSSR count). The summed E-state index contributed by atoms with van der Waals surface area (Å²) >= 11 is 0. The van der Waals surface area contributed by atoms with Crippen molar-refractivity contribution in [3.8, 4) is 0 Å². The Hall–Kier alpha value is -0.120. The molecular formula is C11H24O3. The van der Waals surface area contributed by atoms with Crippen LogP contribution >= 0.6 is 0 Å². The summed E-state index contributed by atoms with van der Waals surface area (Å²) in [6.07, 6.45) is 0. The topological polar surface area (TPSA) is 27.7 Å². The standard InChI is InChI=1S/C11H24O3/c1-6-12-9-10(4)11(5,13-7-2)14-8-3/h10H,6-9H2,1-5H3. The van der Waals surface area contributed by atoms with Gasteiger partial charge < -0.3 is 14.2 Å². The van der Waals surface area contributed by atoms with Gasteiger partial charge in [0.2, 0.25) is 0 Å². The van der Waals surface area contributed by atoms with Crippen LogP contribution in [0.1, 0.15) is 34.6 Å². The molecule has 1 atom stereocenters. The third-order valence-corrected chi connectivity index (χ3v) is 2.33. The SMILES string of the molecule is CCOCC(C)C(C)(OCC)OCC. The fraction of sp³-hybridized carbons (Fsp3) is 1.00. The Labute approximate surface area is 87.7 Å². The summed E-state index contributed by atoms with van der Waals surface area (Å²) in [5.41, 5.74) is 0. The minimum atomic E-state index is -0.515. The number of rotatable bonds is 8. The summed E-state index contributed by atoms with van der Waals surface area (Å²) in [5, 5.41) is 0. The molecule has 0 aliphatic heterocycles. The van der Waals surface area contributed by atoms with Crippen LogP contribution in [0.5, 0.6) is 0 Å². The van der Waals surface area contributed by atoms with Gasteiger partial charge in [-0.25, -0.2) is 0 Å². The summed E-state index contributed by atoms with van der Waals surface area (Å²) in [6.45, 7) is 12.7. The normalized spacial score (nSPS) is 14.4. The second-order valence-corrected chi connectivity index (χ2v) is 3.44. The van der Waals surface area contributed by atoms with Crippen molar-refractivity contribution in [3.63, 3.8) is 0 Å². The van der Waals surface area contributed by atoms with E-state index in [1.165, 1.54) is 0 Å². The lowest BCUT2D eigenvalue weighted by Gasteiger charge is -2.34. The van der Waals surface area contributed by atoms with Crippen molar-refractivity contribution in [3.05, 3.63) is 0 Å². The van der Waals surface area contributed by atoms with Gasteiger partial charge in [-0.05, 0) is 27.7 Å². The summed E-state index contributed by atoms with van der Waals surface area (Å²) in [7, 11) is 0. The molecule has 0 heterocycles. The quantitative estimate of drug-likeness (QED) is 0.568. The number of ether oxygens (including phenoxy) is 3. The first kappa shape index (κ1) is 13.9. The van der Waals surface area contributed by atoms with Crippen LogP contribution in [0.3, 0.4) is 0 Å². The molecule has 3 heteroatoms. The Balaban J connectivity index is 4.15. The molecule has 0 aliphatic carbocycles. The van der Waals surface area contributed by atoms with Crippen LogP contribution in [0.2, 0.25) is 0 Å². The predicted molar refractivity (Wildman–Crippen MR) is 57.3 cm³/mol. The van der Waals surface area contributed by atoms with Gasteiger partial charge in [-0.1, -0.05) is 6.92 Å². The van der Waals surface area contributed by atoms with E-state index in [-0.39, 0.29) is 5.92 Å². The van der Waals surface area contributed by atoms with Crippen LogP contribution in [0.15, 0.2) is 0 Å². The maximum absolute atomic E-state index is 5.63. The minimum Gasteiger partial charge on any atom is -0.381 e. The van der Waals surface area contributed by atoms with Crippen molar-refractivity contribution in [1.82, 2.24) is 0 Å². The van der Waals surface area contributed by atoms with Crippen LogP contribution in [0.4, 0.5) is 0 Å². The van der Waals surface area contributed by atoms with Crippen LogP contribution in [0, 0.1) is 5.92 Å². The van der Waals surface area contributed by atoms with E-state index in [0.29, 0.717) is 19.8 Å². The highest BCUT2D eigenvalue weighted by atomic mass is 16.7. The zero-order valence-electron chi connectivity index (χ0n) is 10.1. The zero-order valence-corrected chi connectivity index (χ0v) is 10.1. The third kappa shape index (κ3) is 4.40. The van der Waals surface area contributed by atoms with Crippen molar-refractivity contribution in [2.75, 3.05) is 26.4 Å². The molecular weight excluding hydrogens is 180 g/mol. The third-order valence-electron chi connectivity index (χ3n) is 2.33. The van der Waals surface area contributed by atoms with E-state index >= 15 is 0 Å². The van der Waals surface area contributed by atoms with Gasteiger partial charge in [0.15, 0.2) is 5.79 Å². The van der Waals surface area contributed by atoms with Crippen LogP contribution < -0.4 is 0 Å². The van der Waals surface area contributed by atoms with Gasteiger partial charge >= 0.3 is 0 Å². The highest BCUT2D eigenvalue weighted by Crippen LogP contribution is 2.23. The van der Waals surface area contributed by atoms with Crippen molar-refractivity contribution < 1.29 is 14.2 Å². The Morgan fingerprint density at radius 3 is 1.86 bits per heavy atom. The Bertz CT molecular complexity index is 130. The molecule has 0 aromatic heterocycles. The van der Waals surface area contributed by atoms with Gasteiger partial charge in [0.05, 0.1) is 6.61 Å². The molecule has 14 heavy (non-hydrogen) atoms. The molecule has 0 aliphatic rings. The van der Waals surface area contributed by atoms with E-state index in [1.54, 1.807) is 0 Å². The second-order valence-electron chi connectivity index (χ2n) is 3.44. The molecule has 0 fully saturated rings. The monoisotopic (exact) mass is 204 g/mol. The molecule has 0 N–H and O–H groups in total. The average Bonchev–Trinajstić information content (AvgIpc) is 2.15. The zero-order chi connectivity index (χ0) is 11.0. The summed E-state index contributed by atoms with van der Waals surface area (Å²) in [6, 6.07) is 0. The Morgan fingerprint density at radius 1 is 1.00 bits per heavy atom. The van der Waals surface area contributed by atoms with Crippen molar-refractivity contribution >= 4 is 0 Å². The summed E-state index contributed by atoms with van der Waals surface area (Å²) < 4.78 is 16.6. The fourth-order valence-electron chi connectivity index (χ4n) is 1.35. The first-order valence-corrected chi connectivity index (χ1v) is 5.46. The van der Waals surface area contributed by atoms with E-state index < -0.39 is 5.79 Å². The maximum Gasteiger partial charge on any atom is 0.170 e. The van der Waals surface area contributed by atoms with Crippen LogP contribution in [0.25, 0.3) is 0 Å². The molecule has 0 aromatic rings. The summed E-state index contributed by atoms with van der Waals surface area (Å²) in [4.78, 5) is 0. The van der Waals surface area contributed by atoms with Gasteiger partial charge in [-0.3, -0.25) is 0 Å². The Kier molecular flexibility index (Phi) is 7.15. The first-order chi connectivity index (χ1) is 6.60. The van der Waals surface area contributed by atoms with E-state index in [9.17, 15) is 0 Å². The highest BCUT2D eigenvalue weighted by Gasteiger charge is 2.32. The maximum atomic E-state index is 5.63. The van der Waals surface area contributed by atoms with Gasteiger partial charge in [0.25, 0.3) is 0 Å². The smallest absolute Gasteiger partial charge is 0.170 e. The highest BCUT2D eigenvalue weighted by molar-refractivity contribution is 4.71. The lowest BCUT2D eigenvalue weighted by Crippen LogP contribution is -2.41. The minimum absolute atomic E-state index is 0.238. The van der Waals surface area contributed by atoms with Gasteiger partial charge in [0, 0.05) is 25.7 Å². The number of hydrogen-bond donors (Lipinski definition) is 0.